The van der Waals surface area contributed by atoms with Gasteiger partial charge in [0.1, 0.15) is 5.82 Å². The van der Waals surface area contributed by atoms with Gasteiger partial charge in [-0.1, -0.05) is 11.6 Å². The lowest BCUT2D eigenvalue weighted by Gasteiger charge is -2.20. The van der Waals surface area contributed by atoms with Gasteiger partial charge in [-0.15, -0.1) is 24.0 Å². The topological polar surface area (TPSA) is 52.6 Å². The molecule has 0 bridgehead atoms. The summed E-state index contributed by atoms with van der Waals surface area (Å²) in [6.07, 6.45) is 5.53. The molecule has 5 nitrogen and oxygen atoms in total. The van der Waals surface area contributed by atoms with E-state index in [1.807, 2.05) is 12.1 Å². The second-order valence-corrected chi connectivity index (χ2v) is 6.45. The van der Waals surface area contributed by atoms with Gasteiger partial charge in [0.05, 0.1) is 5.02 Å². The Kier molecular flexibility index (Phi) is 7.20. The maximum absolute atomic E-state index is 6.24. The van der Waals surface area contributed by atoms with Gasteiger partial charge in [0.2, 0.25) is 0 Å². The highest BCUT2D eigenvalue weighted by molar-refractivity contribution is 14.0. The third kappa shape index (κ3) is 5.38. The Hall–Kier alpha value is -0.760. The predicted octanol–water partition coefficient (Wildman–Crippen LogP) is 2.90. The number of pyridine rings is 1. The number of nitrogens with zero attached hydrogens (tertiary/aromatic N) is 3. The van der Waals surface area contributed by atoms with Crippen molar-refractivity contribution >= 4 is 47.4 Å². The molecular weight excluding hydrogens is 425 g/mol. The van der Waals surface area contributed by atoms with Crippen LogP contribution in [0.25, 0.3) is 0 Å². The summed E-state index contributed by atoms with van der Waals surface area (Å²) in [6.45, 7) is 5.81. The zero-order chi connectivity index (χ0) is 15.4. The van der Waals surface area contributed by atoms with Crippen molar-refractivity contribution in [3.63, 3.8) is 0 Å². The fourth-order valence-electron chi connectivity index (χ4n) is 2.71. The molecule has 1 saturated carbocycles. The number of aliphatic imine (C=N–C) groups is 1. The van der Waals surface area contributed by atoms with Gasteiger partial charge in [-0.3, -0.25) is 4.99 Å². The average molecular weight is 450 g/mol. The highest BCUT2D eigenvalue weighted by atomic mass is 127. The van der Waals surface area contributed by atoms with Crippen LogP contribution in [-0.2, 0) is 0 Å². The highest BCUT2D eigenvalue weighted by Gasteiger charge is 2.26. The summed E-state index contributed by atoms with van der Waals surface area (Å²) < 4.78 is 0. The summed E-state index contributed by atoms with van der Waals surface area (Å²) >= 11 is 6.24. The van der Waals surface area contributed by atoms with Crippen molar-refractivity contribution < 1.29 is 0 Å². The average Bonchev–Trinajstić information content (AvgIpc) is 3.24. The van der Waals surface area contributed by atoms with Crippen molar-refractivity contribution in [1.82, 2.24) is 15.6 Å². The molecule has 2 fully saturated rings. The van der Waals surface area contributed by atoms with E-state index in [1.54, 1.807) is 6.20 Å². The lowest BCUT2D eigenvalue weighted by Crippen LogP contribution is -2.44. The lowest BCUT2D eigenvalue weighted by molar-refractivity contribution is 0.646. The molecule has 2 aliphatic rings. The van der Waals surface area contributed by atoms with Gasteiger partial charge >= 0.3 is 0 Å². The zero-order valence-electron chi connectivity index (χ0n) is 13.5. The summed E-state index contributed by atoms with van der Waals surface area (Å²) in [5.41, 5.74) is 0. The number of hydrogen-bond acceptors (Lipinski definition) is 3. The Morgan fingerprint density at radius 3 is 2.96 bits per heavy atom. The fourth-order valence-corrected chi connectivity index (χ4v) is 2.96. The monoisotopic (exact) mass is 449 g/mol. The minimum absolute atomic E-state index is 0. The Morgan fingerprint density at radius 2 is 2.26 bits per heavy atom. The Morgan fingerprint density at radius 1 is 1.43 bits per heavy atom. The van der Waals surface area contributed by atoms with E-state index >= 15 is 0 Å². The number of anilines is 1. The Bertz CT molecular complexity index is 535. The molecule has 1 aliphatic carbocycles. The minimum Gasteiger partial charge on any atom is -0.357 e. The number of guanidine groups is 1. The molecule has 0 amide bonds. The molecule has 128 valence electrons. The standard InChI is InChI=1S/C16H24ClN5.HI/c1-2-18-16(20-10-12-5-6-12)21-13-7-9-22(11-13)15-14(17)4-3-8-19-15;/h3-4,8,12-13H,2,5-7,9-11H2,1H3,(H2,18,20,21);1H. The first-order chi connectivity index (χ1) is 10.8. The minimum atomic E-state index is 0. The molecule has 1 atom stereocenters. The van der Waals surface area contributed by atoms with Crippen molar-refractivity contribution in [2.75, 3.05) is 31.1 Å². The Labute approximate surface area is 160 Å². The van der Waals surface area contributed by atoms with Crippen LogP contribution in [0.1, 0.15) is 26.2 Å². The molecule has 0 spiro atoms. The van der Waals surface area contributed by atoms with Crippen molar-refractivity contribution in [3.8, 4) is 0 Å². The van der Waals surface area contributed by atoms with E-state index in [0.29, 0.717) is 6.04 Å². The first-order valence-corrected chi connectivity index (χ1v) is 8.54. The van der Waals surface area contributed by atoms with Gasteiger partial charge in [-0.2, -0.15) is 0 Å². The van der Waals surface area contributed by atoms with Crippen LogP contribution >= 0.6 is 35.6 Å². The van der Waals surface area contributed by atoms with Crippen LogP contribution in [0.2, 0.25) is 5.02 Å². The van der Waals surface area contributed by atoms with Crippen LogP contribution in [0, 0.1) is 5.92 Å². The van der Waals surface area contributed by atoms with Crippen molar-refractivity contribution in [3.05, 3.63) is 23.4 Å². The van der Waals surface area contributed by atoms with Gasteiger partial charge in [0.25, 0.3) is 0 Å². The summed E-state index contributed by atoms with van der Waals surface area (Å²) in [5.74, 6) is 2.63. The van der Waals surface area contributed by atoms with E-state index in [1.165, 1.54) is 12.8 Å². The predicted molar refractivity (Wildman–Crippen MR) is 107 cm³/mol. The largest absolute Gasteiger partial charge is 0.357 e. The lowest BCUT2D eigenvalue weighted by atomic mass is 10.3. The highest BCUT2D eigenvalue weighted by Crippen LogP contribution is 2.29. The second-order valence-electron chi connectivity index (χ2n) is 6.05. The quantitative estimate of drug-likeness (QED) is 0.412. The van der Waals surface area contributed by atoms with Gasteiger partial charge in [-0.25, -0.2) is 4.98 Å². The van der Waals surface area contributed by atoms with Gasteiger partial charge < -0.3 is 15.5 Å². The van der Waals surface area contributed by atoms with Crippen molar-refractivity contribution in [2.45, 2.75) is 32.2 Å². The van der Waals surface area contributed by atoms with Crippen LogP contribution in [0.4, 0.5) is 5.82 Å². The molecule has 3 rings (SSSR count). The fraction of sp³-hybridized carbons (Fsp3) is 0.625. The number of halogens is 2. The number of hydrogen-bond donors (Lipinski definition) is 2. The molecule has 23 heavy (non-hydrogen) atoms. The van der Waals surface area contributed by atoms with Gasteiger partial charge in [0, 0.05) is 38.4 Å². The summed E-state index contributed by atoms with van der Waals surface area (Å²) in [6, 6.07) is 4.15. The van der Waals surface area contributed by atoms with Crippen molar-refractivity contribution in [1.29, 1.82) is 0 Å². The van der Waals surface area contributed by atoms with Crippen LogP contribution in [0.15, 0.2) is 23.3 Å². The first kappa shape index (κ1) is 18.6. The SMILES string of the molecule is CCNC(=NCC1CC1)NC1CCN(c2ncccc2Cl)C1.I. The van der Waals surface area contributed by atoms with Crippen molar-refractivity contribution in [2.24, 2.45) is 10.9 Å². The molecule has 2 N–H and O–H groups in total. The molecule has 1 unspecified atom stereocenters. The van der Waals surface area contributed by atoms with Gasteiger partial charge in [-0.05, 0) is 44.2 Å². The summed E-state index contributed by atoms with van der Waals surface area (Å²) in [4.78, 5) is 11.3. The number of nitrogens with one attached hydrogen (secondary N) is 2. The third-order valence-electron chi connectivity index (χ3n) is 4.12. The molecule has 0 radical (unpaired) electrons. The molecule has 1 aromatic rings. The van der Waals surface area contributed by atoms with Crippen LogP contribution < -0.4 is 15.5 Å². The third-order valence-corrected chi connectivity index (χ3v) is 4.41. The molecular formula is C16H25ClIN5. The van der Waals surface area contributed by atoms with E-state index in [-0.39, 0.29) is 24.0 Å². The van der Waals surface area contributed by atoms with E-state index in [9.17, 15) is 0 Å². The van der Waals surface area contributed by atoms with E-state index < -0.39 is 0 Å². The molecule has 0 aromatic carbocycles. The molecule has 1 saturated heterocycles. The molecule has 1 aliphatic heterocycles. The molecule has 1 aromatic heterocycles. The summed E-state index contributed by atoms with van der Waals surface area (Å²) in [7, 11) is 0. The zero-order valence-corrected chi connectivity index (χ0v) is 16.6. The van der Waals surface area contributed by atoms with E-state index in [4.69, 9.17) is 11.6 Å². The summed E-state index contributed by atoms with van der Waals surface area (Å²) in [5, 5.41) is 7.60. The number of aromatic nitrogens is 1. The van der Waals surface area contributed by atoms with Crippen LogP contribution in [-0.4, -0.2) is 43.2 Å². The maximum atomic E-state index is 6.24. The van der Waals surface area contributed by atoms with Gasteiger partial charge in [0.15, 0.2) is 5.96 Å². The molecule has 2 heterocycles. The van der Waals surface area contributed by atoms with Crippen LogP contribution in [0.3, 0.4) is 0 Å². The van der Waals surface area contributed by atoms with E-state index in [0.717, 1.165) is 55.3 Å². The Balaban J connectivity index is 0.00000192. The second kappa shape index (κ2) is 8.92. The smallest absolute Gasteiger partial charge is 0.191 e. The first-order valence-electron chi connectivity index (χ1n) is 8.16. The van der Waals surface area contributed by atoms with E-state index in [2.05, 4.69) is 32.4 Å². The molecule has 7 heteroatoms. The normalized spacial score (nSPS) is 21.0. The number of rotatable bonds is 5. The maximum Gasteiger partial charge on any atom is 0.191 e. The van der Waals surface area contributed by atoms with Crippen LogP contribution in [0.5, 0.6) is 0 Å².